The third kappa shape index (κ3) is 3.34. The van der Waals surface area contributed by atoms with Gasteiger partial charge in [0, 0.05) is 6.20 Å². The summed E-state index contributed by atoms with van der Waals surface area (Å²) in [7, 11) is 0. The highest BCUT2D eigenvalue weighted by molar-refractivity contribution is 5.96. The first-order valence-corrected chi connectivity index (χ1v) is 6.35. The summed E-state index contributed by atoms with van der Waals surface area (Å²) in [4.78, 5) is 23.4. The van der Waals surface area contributed by atoms with E-state index in [1.807, 2.05) is 0 Å². The summed E-state index contributed by atoms with van der Waals surface area (Å²) >= 11 is 0. The molecule has 0 saturated carbocycles. The van der Waals surface area contributed by atoms with Gasteiger partial charge < -0.3 is 15.0 Å². The molecule has 0 aliphatic heterocycles. The van der Waals surface area contributed by atoms with Gasteiger partial charge in [-0.2, -0.15) is 0 Å². The van der Waals surface area contributed by atoms with Gasteiger partial charge in [-0.15, -0.1) is 0 Å². The molecule has 0 aliphatic carbocycles. The second kappa shape index (κ2) is 6.49. The number of aliphatic carboxylic acids is 1. The fourth-order valence-electron chi connectivity index (χ4n) is 1.99. The molecule has 5 nitrogen and oxygen atoms in total. The van der Waals surface area contributed by atoms with Crippen LogP contribution in [0.15, 0.2) is 18.3 Å². The number of carbonyl (C=O) groups is 2. The molecule has 1 aromatic heterocycles. The summed E-state index contributed by atoms with van der Waals surface area (Å²) in [5, 5.41) is 11.7. The Balaban J connectivity index is 2.96. The SMILES string of the molecule is CCC(CC)(NC(=O)c1cccn1CC(F)F)C(=O)O. The van der Waals surface area contributed by atoms with E-state index in [-0.39, 0.29) is 18.5 Å². The van der Waals surface area contributed by atoms with Gasteiger partial charge in [0.25, 0.3) is 12.3 Å². The van der Waals surface area contributed by atoms with Gasteiger partial charge in [0.15, 0.2) is 0 Å². The Kier molecular flexibility index (Phi) is 5.24. The first-order chi connectivity index (χ1) is 9.36. The molecule has 0 atom stereocenters. The predicted molar refractivity (Wildman–Crippen MR) is 68.9 cm³/mol. The van der Waals surface area contributed by atoms with Gasteiger partial charge in [-0.1, -0.05) is 13.8 Å². The van der Waals surface area contributed by atoms with E-state index in [1.54, 1.807) is 13.8 Å². The molecule has 112 valence electrons. The number of carbonyl (C=O) groups excluding carboxylic acids is 1. The molecule has 2 N–H and O–H groups in total. The van der Waals surface area contributed by atoms with Crippen LogP contribution < -0.4 is 5.32 Å². The highest BCUT2D eigenvalue weighted by Gasteiger charge is 2.37. The average molecular weight is 288 g/mol. The molecule has 0 spiro atoms. The largest absolute Gasteiger partial charge is 0.480 e. The molecule has 0 saturated heterocycles. The van der Waals surface area contributed by atoms with Gasteiger partial charge in [0.1, 0.15) is 11.2 Å². The fourth-order valence-corrected chi connectivity index (χ4v) is 1.99. The second-order valence-corrected chi connectivity index (χ2v) is 4.49. The molecule has 7 heteroatoms. The summed E-state index contributed by atoms with van der Waals surface area (Å²) in [6, 6.07) is 2.85. The minimum atomic E-state index is -2.59. The van der Waals surface area contributed by atoms with Crippen LogP contribution in [0.3, 0.4) is 0 Å². The standard InChI is InChI=1S/C13H18F2N2O3/c1-3-13(4-2,12(19)20)16-11(18)9-6-5-7-17(9)8-10(14)15/h5-7,10H,3-4,8H2,1-2H3,(H,16,18)(H,19,20). The number of hydrogen-bond acceptors (Lipinski definition) is 2. The molecule has 0 radical (unpaired) electrons. The number of rotatable bonds is 7. The lowest BCUT2D eigenvalue weighted by molar-refractivity contribution is -0.144. The summed E-state index contributed by atoms with van der Waals surface area (Å²) in [5.74, 6) is -1.80. The first kappa shape index (κ1) is 16.1. The highest BCUT2D eigenvalue weighted by atomic mass is 19.3. The van der Waals surface area contributed by atoms with Crippen molar-refractivity contribution in [3.8, 4) is 0 Å². The molecule has 1 amide bonds. The predicted octanol–water partition coefficient (Wildman–Crippen LogP) is 2.13. The van der Waals surface area contributed by atoms with Gasteiger partial charge in [-0.3, -0.25) is 4.79 Å². The number of alkyl halides is 2. The van der Waals surface area contributed by atoms with Crippen molar-refractivity contribution < 1.29 is 23.5 Å². The zero-order valence-electron chi connectivity index (χ0n) is 11.4. The van der Waals surface area contributed by atoms with Crippen molar-refractivity contribution in [3.05, 3.63) is 24.0 Å². The van der Waals surface area contributed by atoms with E-state index in [2.05, 4.69) is 5.32 Å². The van der Waals surface area contributed by atoms with Gasteiger partial charge in [0.05, 0.1) is 6.54 Å². The number of amides is 1. The topological polar surface area (TPSA) is 71.3 Å². The Morgan fingerprint density at radius 1 is 1.40 bits per heavy atom. The second-order valence-electron chi connectivity index (χ2n) is 4.49. The molecule has 0 unspecified atom stereocenters. The third-order valence-electron chi connectivity index (χ3n) is 3.37. The molecule has 0 fully saturated rings. The number of carboxylic acids is 1. The van der Waals surface area contributed by atoms with Gasteiger partial charge in [-0.05, 0) is 25.0 Å². The van der Waals surface area contributed by atoms with Crippen LogP contribution in [0.25, 0.3) is 0 Å². The number of aromatic nitrogens is 1. The number of carboxylic acid groups (broad SMARTS) is 1. The zero-order chi connectivity index (χ0) is 15.3. The Labute approximate surface area is 115 Å². The van der Waals surface area contributed by atoms with Crippen LogP contribution in [0.4, 0.5) is 8.78 Å². The van der Waals surface area contributed by atoms with E-state index in [0.29, 0.717) is 0 Å². The summed E-state index contributed by atoms with van der Waals surface area (Å²) in [5.41, 5.74) is -1.35. The van der Waals surface area contributed by atoms with Crippen LogP contribution in [0.5, 0.6) is 0 Å². The van der Waals surface area contributed by atoms with Crippen LogP contribution in [-0.4, -0.2) is 33.5 Å². The van der Waals surface area contributed by atoms with Gasteiger partial charge in [-0.25, -0.2) is 13.6 Å². The van der Waals surface area contributed by atoms with Crippen molar-refractivity contribution in [1.29, 1.82) is 0 Å². The Morgan fingerprint density at radius 3 is 2.45 bits per heavy atom. The van der Waals surface area contributed by atoms with Crippen LogP contribution >= 0.6 is 0 Å². The van der Waals surface area contributed by atoms with Crippen molar-refractivity contribution in [1.82, 2.24) is 9.88 Å². The van der Waals surface area contributed by atoms with Crippen molar-refractivity contribution >= 4 is 11.9 Å². The van der Waals surface area contributed by atoms with Crippen LogP contribution in [0.2, 0.25) is 0 Å². The Bertz CT molecular complexity index is 482. The lowest BCUT2D eigenvalue weighted by Gasteiger charge is -2.28. The lowest BCUT2D eigenvalue weighted by atomic mass is 9.93. The van der Waals surface area contributed by atoms with Gasteiger partial charge >= 0.3 is 5.97 Å². The van der Waals surface area contributed by atoms with Crippen LogP contribution in [-0.2, 0) is 11.3 Å². The van der Waals surface area contributed by atoms with E-state index in [4.69, 9.17) is 0 Å². The van der Waals surface area contributed by atoms with E-state index < -0.39 is 30.4 Å². The maximum atomic E-state index is 12.4. The average Bonchev–Trinajstić information content (AvgIpc) is 2.82. The zero-order valence-corrected chi connectivity index (χ0v) is 11.4. The normalized spacial score (nSPS) is 11.7. The number of hydrogen-bond donors (Lipinski definition) is 2. The molecular weight excluding hydrogens is 270 g/mol. The molecule has 0 bridgehead atoms. The smallest absolute Gasteiger partial charge is 0.329 e. The number of halogens is 2. The van der Waals surface area contributed by atoms with Crippen molar-refractivity contribution in [2.75, 3.05) is 0 Å². The Morgan fingerprint density at radius 2 is 2.00 bits per heavy atom. The van der Waals surface area contributed by atoms with Crippen molar-refractivity contribution in [2.45, 2.75) is 45.2 Å². The molecule has 1 rings (SSSR count). The van der Waals surface area contributed by atoms with E-state index >= 15 is 0 Å². The number of nitrogens with one attached hydrogen (secondary N) is 1. The van der Waals surface area contributed by atoms with E-state index in [9.17, 15) is 23.5 Å². The molecule has 1 heterocycles. The van der Waals surface area contributed by atoms with Gasteiger partial charge in [0.2, 0.25) is 0 Å². The summed E-state index contributed by atoms with van der Waals surface area (Å²) < 4.78 is 25.9. The first-order valence-electron chi connectivity index (χ1n) is 6.35. The molecule has 0 aliphatic rings. The summed E-state index contributed by atoms with van der Waals surface area (Å²) in [6.45, 7) is 2.69. The van der Waals surface area contributed by atoms with Crippen molar-refractivity contribution in [3.63, 3.8) is 0 Å². The maximum Gasteiger partial charge on any atom is 0.329 e. The molecular formula is C13H18F2N2O3. The summed E-state index contributed by atoms with van der Waals surface area (Å²) in [6.07, 6.45) is -0.808. The highest BCUT2D eigenvalue weighted by Crippen LogP contribution is 2.17. The minimum absolute atomic E-state index is 0.0258. The Hall–Kier alpha value is -1.92. The molecule has 0 aromatic carbocycles. The van der Waals surface area contributed by atoms with Crippen molar-refractivity contribution in [2.24, 2.45) is 0 Å². The van der Waals surface area contributed by atoms with Crippen LogP contribution in [0.1, 0.15) is 37.2 Å². The lowest BCUT2D eigenvalue weighted by Crippen LogP contribution is -2.54. The minimum Gasteiger partial charge on any atom is -0.480 e. The maximum absolute atomic E-state index is 12.4. The molecule has 1 aromatic rings. The third-order valence-corrected chi connectivity index (χ3v) is 3.37. The van der Waals surface area contributed by atoms with Crippen LogP contribution in [0, 0.1) is 0 Å². The van der Waals surface area contributed by atoms with E-state index in [1.165, 1.54) is 18.3 Å². The van der Waals surface area contributed by atoms with E-state index in [0.717, 1.165) is 4.57 Å². The molecule has 20 heavy (non-hydrogen) atoms. The number of nitrogens with zero attached hydrogens (tertiary/aromatic N) is 1. The fraction of sp³-hybridized carbons (Fsp3) is 0.538. The monoisotopic (exact) mass is 288 g/mol. The quantitative estimate of drug-likeness (QED) is 0.807.